The van der Waals surface area contributed by atoms with Gasteiger partial charge in [0.15, 0.2) is 27.3 Å². The van der Waals surface area contributed by atoms with Gasteiger partial charge in [0.2, 0.25) is 0 Å². The lowest BCUT2D eigenvalue weighted by Crippen LogP contribution is -2.46. The summed E-state index contributed by atoms with van der Waals surface area (Å²) in [5, 5.41) is 12.6. The Labute approximate surface area is 234 Å². The molecule has 3 aromatic rings. The molecule has 1 amide bonds. The number of carbonyl (C=O) groups excluding carboxylic acids is 1. The monoisotopic (exact) mass is 588 g/mol. The average molecular weight is 589 g/mol. The van der Waals surface area contributed by atoms with E-state index in [4.69, 9.17) is 11.6 Å². The van der Waals surface area contributed by atoms with Crippen LogP contribution < -0.4 is 5.32 Å². The zero-order chi connectivity index (χ0) is 28.8. The third-order valence-corrected chi connectivity index (χ3v) is 10.5. The zero-order valence-corrected chi connectivity index (χ0v) is 22.7. The van der Waals surface area contributed by atoms with Crippen LogP contribution >= 0.6 is 11.6 Å². The molecule has 1 aromatic heterocycles. The van der Waals surface area contributed by atoms with Gasteiger partial charge in [0, 0.05) is 29.6 Å². The molecule has 2 aliphatic rings. The Bertz CT molecular complexity index is 1640. The molecule has 2 unspecified atom stereocenters. The number of anilines is 1. The van der Waals surface area contributed by atoms with Crippen LogP contribution in [0.25, 0.3) is 0 Å². The highest BCUT2D eigenvalue weighted by molar-refractivity contribution is 7.92. The maximum atomic E-state index is 14.0. The van der Waals surface area contributed by atoms with E-state index in [1.54, 1.807) is 24.4 Å². The largest absolute Gasteiger partial charge is 0.378 e. The zero-order valence-electron chi connectivity index (χ0n) is 21.2. The van der Waals surface area contributed by atoms with Gasteiger partial charge >= 0.3 is 0 Å². The van der Waals surface area contributed by atoms with Crippen molar-refractivity contribution in [1.29, 1.82) is 0 Å². The maximum absolute atomic E-state index is 14.0. The van der Waals surface area contributed by atoms with Gasteiger partial charge in [-0.3, -0.25) is 4.79 Å². The molecule has 2 aromatic carbocycles. The standard InChI is InChI=1S/C29H24ClF3N2O4S/c1-16-10-18-14-29(37,8-7-19-4-2-3-9-34-19)15-21(16)27(18)40(38,39)25-11-17(5-6-22(25)30)28(36)35-20-12-23(31)26(33)24(32)13-20/h2-6,9,11-13,16,18,21,27,37H,10,14-15H2,1H3,(H,35,36)/t16-,18-,21?,27?,29+/m0/s1. The van der Waals surface area contributed by atoms with Crippen molar-refractivity contribution in [2.24, 2.45) is 17.8 Å². The molecule has 2 N–H and O–H groups in total. The van der Waals surface area contributed by atoms with Crippen LogP contribution in [0.1, 0.15) is 42.2 Å². The molecule has 2 saturated carbocycles. The fraction of sp³-hybridized carbons (Fsp3) is 0.310. The Morgan fingerprint density at radius 3 is 2.50 bits per heavy atom. The topological polar surface area (TPSA) is 96.4 Å². The third-order valence-electron chi connectivity index (χ3n) is 7.65. The van der Waals surface area contributed by atoms with E-state index in [1.165, 1.54) is 12.1 Å². The number of hydrogen-bond donors (Lipinski definition) is 2. The smallest absolute Gasteiger partial charge is 0.255 e. The third kappa shape index (κ3) is 5.33. The highest BCUT2D eigenvalue weighted by Gasteiger charge is 2.56. The highest BCUT2D eigenvalue weighted by Crippen LogP contribution is 2.53. The molecule has 11 heteroatoms. The molecule has 2 bridgehead atoms. The van der Waals surface area contributed by atoms with Gasteiger partial charge in [0.05, 0.1) is 15.2 Å². The summed E-state index contributed by atoms with van der Waals surface area (Å²) in [6.07, 6.45) is 2.46. The number of aliphatic hydroxyl groups is 1. The summed E-state index contributed by atoms with van der Waals surface area (Å²) in [6.45, 7) is 1.94. The van der Waals surface area contributed by atoms with Crippen LogP contribution in [-0.2, 0) is 9.84 Å². The van der Waals surface area contributed by atoms with E-state index in [-0.39, 0.29) is 39.9 Å². The number of pyridine rings is 1. The van der Waals surface area contributed by atoms with Gasteiger partial charge in [0.1, 0.15) is 11.3 Å². The second-order valence-electron chi connectivity index (χ2n) is 10.4. The van der Waals surface area contributed by atoms with Crippen LogP contribution in [-0.4, -0.2) is 35.3 Å². The summed E-state index contributed by atoms with van der Waals surface area (Å²) in [5.41, 5.74) is -1.35. The minimum Gasteiger partial charge on any atom is -0.378 e. The van der Waals surface area contributed by atoms with E-state index < -0.39 is 55.9 Å². The number of hydrogen-bond acceptors (Lipinski definition) is 5. The van der Waals surface area contributed by atoms with Gasteiger partial charge in [0.25, 0.3) is 5.91 Å². The number of carbonyl (C=O) groups is 1. The lowest BCUT2D eigenvalue weighted by atomic mass is 9.76. The number of amides is 1. The second kappa shape index (κ2) is 10.5. The van der Waals surface area contributed by atoms with Crippen molar-refractivity contribution in [3.05, 3.63) is 88.5 Å². The fourth-order valence-corrected chi connectivity index (χ4v) is 8.83. The SMILES string of the molecule is C[C@H]1C[C@H]2C[C@](O)(C#Cc3ccccn3)CC1C2S(=O)(=O)c1cc(C(=O)Nc2cc(F)c(F)c(F)c2)ccc1Cl. The fourth-order valence-electron chi connectivity index (χ4n) is 5.93. The number of halogens is 4. The quantitative estimate of drug-likeness (QED) is 0.314. The number of fused-ring (bicyclic) bond motifs is 2. The van der Waals surface area contributed by atoms with Crippen LogP contribution in [0.5, 0.6) is 0 Å². The van der Waals surface area contributed by atoms with Gasteiger partial charge in [-0.05, 0) is 73.3 Å². The number of benzene rings is 2. The molecule has 0 saturated heterocycles. The van der Waals surface area contributed by atoms with Crippen molar-refractivity contribution in [1.82, 2.24) is 4.98 Å². The summed E-state index contributed by atoms with van der Waals surface area (Å²) in [6, 6.07) is 10.1. The molecule has 2 aliphatic carbocycles. The van der Waals surface area contributed by atoms with Crippen molar-refractivity contribution in [2.45, 2.75) is 41.9 Å². The predicted molar refractivity (Wildman–Crippen MR) is 143 cm³/mol. The summed E-state index contributed by atoms with van der Waals surface area (Å²) >= 11 is 6.32. The van der Waals surface area contributed by atoms with Crippen molar-refractivity contribution in [2.75, 3.05) is 5.32 Å². The maximum Gasteiger partial charge on any atom is 0.255 e. The van der Waals surface area contributed by atoms with Crippen LogP contribution in [0.3, 0.4) is 0 Å². The van der Waals surface area contributed by atoms with Crippen molar-refractivity contribution >= 4 is 33.0 Å². The first-order valence-electron chi connectivity index (χ1n) is 12.5. The predicted octanol–water partition coefficient (Wildman–Crippen LogP) is 5.40. The first-order chi connectivity index (χ1) is 18.9. The van der Waals surface area contributed by atoms with Crippen molar-refractivity contribution in [3.63, 3.8) is 0 Å². The van der Waals surface area contributed by atoms with Gasteiger partial charge < -0.3 is 10.4 Å². The van der Waals surface area contributed by atoms with Gasteiger partial charge in [-0.2, -0.15) is 0 Å². The van der Waals surface area contributed by atoms with E-state index in [9.17, 15) is 31.5 Å². The van der Waals surface area contributed by atoms with Crippen LogP contribution in [0.4, 0.5) is 18.9 Å². The lowest BCUT2D eigenvalue weighted by molar-refractivity contribution is 0.0311. The molecule has 0 spiro atoms. The Morgan fingerprint density at radius 1 is 1.12 bits per heavy atom. The number of rotatable bonds is 4. The normalized spacial score (nSPS) is 25.6. The van der Waals surface area contributed by atoms with Gasteiger partial charge in [-0.1, -0.05) is 30.5 Å². The highest BCUT2D eigenvalue weighted by atomic mass is 35.5. The molecular weight excluding hydrogens is 565 g/mol. The lowest BCUT2D eigenvalue weighted by Gasteiger charge is -2.38. The second-order valence-corrected chi connectivity index (χ2v) is 12.9. The van der Waals surface area contributed by atoms with E-state index in [0.717, 1.165) is 6.07 Å². The Hall–Kier alpha value is -3.39. The van der Waals surface area contributed by atoms with E-state index >= 15 is 0 Å². The number of aromatic nitrogens is 1. The average Bonchev–Trinajstić information content (AvgIpc) is 3.13. The molecule has 5 rings (SSSR count). The first kappa shape index (κ1) is 28.1. The molecule has 40 heavy (non-hydrogen) atoms. The molecule has 0 radical (unpaired) electrons. The summed E-state index contributed by atoms with van der Waals surface area (Å²) in [5.74, 6) is -0.536. The summed E-state index contributed by atoms with van der Waals surface area (Å²) in [7, 11) is -4.08. The minimum absolute atomic E-state index is 0.0102. The number of nitrogens with one attached hydrogen (secondary N) is 1. The molecule has 2 fully saturated rings. The molecule has 6 nitrogen and oxygen atoms in total. The Kier molecular flexibility index (Phi) is 7.42. The molecule has 1 heterocycles. The van der Waals surface area contributed by atoms with Gasteiger partial charge in [-0.15, -0.1) is 0 Å². The van der Waals surface area contributed by atoms with Gasteiger partial charge in [-0.25, -0.2) is 26.6 Å². The van der Waals surface area contributed by atoms with Crippen LogP contribution in [0.15, 0.2) is 59.6 Å². The first-order valence-corrected chi connectivity index (χ1v) is 14.5. The molecule has 0 aliphatic heterocycles. The molecular formula is C29H24ClF3N2O4S. The van der Waals surface area contributed by atoms with E-state index in [0.29, 0.717) is 24.2 Å². The number of sulfone groups is 1. The van der Waals surface area contributed by atoms with E-state index in [1.807, 2.05) is 6.92 Å². The van der Waals surface area contributed by atoms with E-state index in [2.05, 4.69) is 22.1 Å². The van der Waals surface area contributed by atoms with Crippen LogP contribution in [0.2, 0.25) is 5.02 Å². The van der Waals surface area contributed by atoms with Crippen molar-refractivity contribution < 1.29 is 31.5 Å². The Balaban J connectivity index is 1.42. The summed E-state index contributed by atoms with van der Waals surface area (Å²) in [4.78, 5) is 16.7. The van der Waals surface area contributed by atoms with Crippen molar-refractivity contribution in [3.8, 4) is 11.8 Å². The molecule has 5 atom stereocenters. The summed E-state index contributed by atoms with van der Waals surface area (Å²) < 4.78 is 68.4. The Morgan fingerprint density at radius 2 is 1.85 bits per heavy atom. The molecule has 208 valence electrons. The van der Waals surface area contributed by atoms with Crippen LogP contribution in [0, 0.1) is 47.0 Å². The minimum atomic E-state index is -4.08. The number of nitrogens with zero attached hydrogens (tertiary/aromatic N) is 1.